The predicted octanol–water partition coefficient (Wildman–Crippen LogP) is 1.81. The smallest absolute Gasteiger partial charge is 0.137 e. The third-order valence-electron chi connectivity index (χ3n) is 2.88. The van der Waals surface area contributed by atoms with Crippen molar-refractivity contribution in [1.29, 1.82) is 5.26 Å². The number of rotatable bonds is 7. The molecule has 0 fully saturated rings. The van der Waals surface area contributed by atoms with Gasteiger partial charge >= 0.3 is 0 Å². The molecule has 0 aliphatic rings. The Balaban J connectivity index is 1.70. The fourth-order valence-electron chi connectivity index (χ4n) is 1.90. The summed E-state index contributed by atoms with van der Waals surface area (Å²) in [6.07, 6.45) is 3.71. The van der Waals surface area contributed by atoms with Crippen molar-refractivity contribution < 1.29 is 4.74 Å². The van der Waals surface area contributed by atoms with E-state index >= 15 is 0 Å². The summed E-state index contributed by atoms with van der Waals surface area (Å²) in [5, 5.41) is 16.5. The first-order valence-corrected chi connectivity index (χ1v) is 6.62. The Labute approximate surface area is 118 Å². The summed E-state index contributed by atoms with van der Waals surface area (Å²) in [4.78, 5) is 0. The van der Waals surface area contributed by atoms with Gasteiger partial charge in [-0.05, 0) is 25.1 Å². The summed E-state index contributed by atoms with van der Waals surface area (Å²) in [6, 6.07) is 11.6. The molecule has 2 aromatic rings. The van der Waals surface area contributed by atoms with Gasteiger partial charge in [0, 0.05) is 25.0 Å². The third kappa shape index (κ3) is 4.11. The first-order valence-electron chi connectivity index (χ1n) is 6.62. The van der Waals surface area contributed by atoms with E-state index in [1.807, 2.05) is 35.1 Å². The molecule has 0 radical (unpaired) electrons. The zero-order valence-electron chi connectivity index (χ0n) is 11.5. The van der Waals surface area contributed by atoms with Crippen molar-refractivity contribution in [2.45, 2.75) is 19.5 Å². The van der Waals surface area contributed by atoms with E-state index in [2.05, 4.69) is 23.4 Å². The second kappa shape index (κ2) is 7.31. The number of para-hydroxylation sites is 1. The minimum atomic E-state index is 0.310. The van der Waals surface area contributed by atoms with E-state index in [4.69, 9.17) is 10.00 Å². The molecule has 1 N–H and O–H groups in total. The molecule has 0 aliphatic carbocycles. The van der Waals surface area contributed by atoms with Crippen molar-refractivity contribution in [1.82, 2.24) is 15.1 Å². The predicted molar refractivity (Wildman–Crippen MR) is 76.3 cm³/mol. The van der Waals surface area contributed by atoms with Crippen LogP contribution in [0.1, 0.15) is 12.5 Å². The van der Waals surface area contributed by atoms with Crippen LogP contribution in [0.4, 0.5) is 0 Å². The Morgan fingerprint density at radius 1 is 1.40 bits per heavy atom. The Kier molecular flexibility index (Phi) is 5.15. The lowest BCUT2D eigenvalue weighted by Gasteiger charge is -2.14. The van der Waals surface area contributed by atoms with E-state index in [1.165, 1.54) is 0 Å². The van der Waals surface area contributed by atoms with E-state index in [0.29, 0.717) is 24.0 Å². The fraction of sp³-hybridized carbons (Fsp3) is 0.333. The van der Waals surface area contributed by atoms with Crippen LogP contribution in [0.15, 0.2) is 42.7 Å². The monoisotopic (exact) mass is 270 g/mol. The molecule has 1 heterocycles. The van der Waals surface area contributed by atoms with Crippen LogP contribution in [0.25, 0.3) is 0 Å². The lowest BCUT2D eigenvalue weighted by molar-refractivity contribution is 0.301. The Hall–Kier alpha value is -2.32. The SMILES string of the molecule is C[C@H](Cn1cccn1)NCCOc1ccccc1C#N. The molecule has 104 valence electrons. The van der Waals surface area contributed by atoms with Gasteiger partial charge in [-0.15, -0.1) is 0 Å². The first kappa shape index (κ1) is 14.1. The number of hydrogen-bond acceptors (Lipinski definition) is 4. The number of nitrogens with one attached hydrogen (secondary N) is 1. The van der Waals surface area contributed by atoms with Crippen molar-refractivity contribution in [3.63, 3.8) is 0 Å². The molecule has 0 amide bonds. The van der Waals surface area contributed by atoms with Crippen molar-refractivity contribution in [2.24, 2.45) is 0 Å². The lowest BCUT2D eigenvalue weighted by Crippen LogP contribution is -2.33. The highest BCUT2D eigenvalue weighted by Crippen LogP contribution is 2.15. The highest BCUT2D eigenvalue weighted by Gasteiger charge is 2.04. The number of ether oxygens (including phenoxy) is 1. The van der Waals surface area contributed by atoms with Gasteiger partial charge in [-0.3, -0.25) is 4.68 Å². The van der Waals surface area contributed by atoms with Gasteiger partial charge in [0.05, 0.1) is 12.1 Å². The average molecular weight is 270 g/mol. The van der Waals surface area contributed by atoms with E-state index in [-0.39, 0.29) is 0 Å². The van der Waals surface area contributed by atoms with Gasteiger partial charge in [0.25, 0.3) is 0 Å². The van der Waals surface area contributed by atoms with Crippen LogP contribution in [0, 0.1) is 11.3 Å². The minimum absolute atomic E-state index is 0.310. The summed E-state index contributed by atoms with van der Waals surface area (Å²) in [6.45, 7) is 4.18. The van der Waals surface area contributed by atoms with Crippen molar-refractivity contribution in [2.75, 3.05) is 13.2 Å². The maximum atomic E-state index is 8.95. The molecule has 0 spiro atoms. The van der Waals surface area contributed by atoms with Crippen LogP contribution >= 0.6 is 0 Å². The van der Waals surface area contributed by atoms with Crippen LogP contribution in [-0.2, 0) is 6.54 Å². The average Bonchev–Trinajstić information content (AvgIpc) is 2.97. The van der Waals surface area contributed by atoms with Gasteiger partial charge in [0.2, 0.25) is 0 Å². The standard InChI is InChI=1S/C15H18N4O/c1-13(12-19-9-4-7-18-19)17-8-10-20-15-6-3-2-5-14(15)11-16/h2-7,9,13,17H,8,10,12H2,1H3/t13-/m1/s1. The van der Waals surface area contributed by atoms with E-state index in [1.54, 1.807) is 12.3 Å². The largest absolute Gasteiger partial charge is 0.491 e. The van der Waals surface area contributed by atoms with Crippen molar-refractivity contribution in [3.05, 3.63) is 48.3 Å². The number of benzene rings is 1. The lowest BCUT2D eigenvalue weighted by atomic mass is 10.2. The molecule has 5 nitrogen and oxygen atoms in total. The summed E-state index contributed by atoms with van der Waals surface area (Å²) < 4.78 is 7.50. The Morgan fingerprint density at radius 2 is 2.25 bits per heavy atom. The summed E-state index contributed by atoms with van der Waals surface area (Å²) >= 11 is 0. The molecule has 1 aromatic carbocycles. The highest BCUT2D eigenvalue weighted by molar-refractivity contribution is 5.42. The van der Waals surface area contributed by atoms with Gasteiger partial charge in [0.15, 0.2) is 0 Å². The summed E-state index contributed by atoms with van der Waals surface area (Å²) in [5.41, 5.74) is 0.567. The van der Waals surface area contributed by atoms with E-state index < -0.39 is 0 Å². The van der Waals surface area contributed by atoms with Crippen LogP contribution in [0.2, 0.25) is 0 Å². The zero-order chi connectivity index (χ0) is 14.2. The number of hydrogen-bond donors (Lipinski definition) is 1. The molecule has 5 heteroatoms. The third-order valence-corrected chi connectivity index (χ3v) is 2.88. The molecule has 0 aliphatic heterocycles. The second-order valence-corrected chi connectivity index (χ2v) is 4.54. The molecular formula is C15H18N4O. The second-order valence-electron chi connectivity index (χ2n) is 4.54. The van der Waals surface area contributed by atoms with Crippen LogP contribution in [0.3, 0.4) is 0 Å². The maximum absolute atomic E-state index is 8.95. The molecule has 0 saturated heterocycles. The molecule has 0 bridgehead atoms. The van der Waals surface area contributed by atoms with E-state index in [9.17, 15) is 0 Å². The molecular weight excluding hydrogens is 252 g/mol. The summed E-state index contributed by atoms with van der Waals surface area (Å²) in [7, 11) is 0. The number of nitriles is 1. The van der Waals surface area contributed by atoms with Gasteiger partial charge in [0.1, 0.15) is 18.4 Å². The van der Waals surface area contributed by atoms with E-state index in [0.717, 1.165) is 13.1 Å². The molecule has 0 saturated carbocycles. The number of aromatic nitrogens is 2. The molecule has 2 rings (SSSR count). The molecule has 1 atom stereocenters. The fourth-order valence-corrected chi connectivity index (χ4v) is 1.90. The maximum Gasteiger partial charge on any atom is 0.137 e. The quantitative estimate of drug-likeness (QED) is 0.779. The normalized spacial score (nSPS) is 11.8. The number of nitrogens with zero attached hydrogens (tertiary/aromatic N) is 3. The van der Waals surface area contributed by atoms with Gasteiger partial charge in [-0.1, -0.05) is 12.1 Å². The van der Waals surface area contributed by atoms with Crippen molar-refractivity contribution in [3.8, 4) is 11.8 Å². The van der Waals surface area contributed by atoms with Crippen LogP contribution in [0.5, 0.6) is 5.75 Å². The van der Waals surface area contributed by atoms with Crippen LogP contribution in [-0.4, -0.2) is 29.0 Å². The highest BCUT2D eigenvalue weighted by atomic mass is 16.5. The Bertz CT molecular complexity index is 560. The summed E-state index contributed by atoms with van der Waals surface area (Å²) in [5.74, 6) is 0.636. The molecule has 20 heavy (non-hydrogen) atoms. The van der Waals surface area contributed by atoms with Crippen molar-refractivity contribution >= 4 is 0 Å². The topological polar surface area (TPSA) is 62.9 Å². The molecule has 0 unspecified atom stereocenters. The van der Waals surface area contributed by atoms with Gasteiger partial charge < -0.3 is 10.1 Å². The zero-order valence-corrected chi connectivity index (χ0v) is 11.5. The Morgan fingerprint density at radius 3 is 3.00 bits per heavy atom. The van der Waals surface area contributed by atoms with Gasteiger partial charge in [-0.25, -0.2) is 0 Å². The van der Waals surface area contributed by atoms with Gasteiger partial charge in [-0.2, -0.15) is 10.4 Å². The minimum Gasteiger partial charge on any atom is -0.491 e. The first-order chi connectivity index (χ1) is 9.79. The van der Waals surface area contributed by atoms with Crippen LogP contribution < -0.4 is 10.1 Å². The molecule has 1 aromatic heterocycles.